The number of Topliss-reactive ketones (excluding diaryl/α,β-unsaturated/α-hetero) is 1. The highest BCUT2D eigenvalue weighted by Crippen LogP contribution is 2.66. The molecule has 2 aliphatic carbocycles. The van der Waals surface area contributed by atoms with Gasteiger partial charge in [-0.1, -0.05) is 26.7 Å². The van der Waals surface area contributed by atoms with Crippen molar-refractivity contribution in [1.29, 1.82) is 0 Å². The molecular formula is C18H25NO4. The summed E-state index contributed by atoms with van der Waals surface area (Å²) in [5.74, 6) is -0.171. The number of ketones is 1. The highest BCUT2D eigenvalue weighted by molar-refractivity contribution is 6.07. The summed E-state index contributed by atoms with van der Waals surface area (Å²) in [6.07, 6.45) is 3.75. The number of hydrogen-bond donors (Lipinski definition) is 0. The van der Waals surface area contributed by atoms with Crippen LogP contribution in [0.25, 0.3) is 0 Å². The van der Waals surface area contributed by atoms with E-state index in [0.29, 0.717) is 18.7 Å². The van der Waals surface area contributed by atoms with Crippen molar-refractivity contribution in [2.45, 2.75) is 52.0 Å². The van der Waals surface area contributed by atoms with Gasteiger partial charge in [0.25, 0.3) is 0 Å². The second-order valence-electron chi connectivity index (χ2n) is 8.17. The van der Waals surface area contributed by atoms with Gasteiger partial charge in [0.1, 0.15) is 5.78 Å². The molecule has 4 fully saturated rings. The fraction of sp³-hybridized carbons (Fsp3) is 0.833. The molecule has 2 bridgehead atoms. The zero-order chi connectivity index (χ0) is 16.6. The van der Waals surface area contributed by atoms with Gasteiger partial charge in [0.15, 0.2) is 5.41 Å². The molecule has 2 aliphatic heterocycles. The van der Waals surface area contributed by atoms with Crippen molar-refractivity contribution in [2.24, 2.45) is 28.6 Å². The molecular weight excluding hydrogens is 294 g/mol. The maximum Gasteiger partial charge on any atom is 0.322 e. The van der Waals surface area contributed by atoms with E-state index in [0.717, 1.165) is 25.7 Å². The standard InChI is InChI=1S/C18H25NO4/c1-10-9-19-13-8-11(10)14(20)12-6-4-5-7-18(15(19)21,16(22)23-3)17(12,13)2/h10-13H,4-9H2,1-3H3/t10-,11?,12+,13?,17+,18-/m1/s1. The predicted octanol–water partition coefficient (Wildman–Crippen LogP) is 1.79. The van der Waals surface area contributed by atoms with E-state index in [1.807, 2.05) is 11.8 Å². The molecule has 0 aromatic carbocycles. The number of rotatable bonds is 1. The van der Waals surface area contributed by atoms with E-state index < -0.39 is 16.8 Å². The molecule has 1 amide bonds. The Labute approximate surface area is 136 Å². The normalized spacial score (nSPS) is 48.2. The number of nitrogens with zero attached hydrogens (tertiary/aromatic N) is 1. The smallest absolute Gasteiger partial charge is 0.322 e. The van der Waals surface area contributed by atoms with Gasteiger partial charge in [-0.3, -0.25) is 14.4 Å². The average molecular weight is 319 g/mol. The van der Waals surface area contributed by atoms with E-state index in [1.165, 1.54) is 7.11 Å². The average Bonchev–Trinajstić information content (AvgIpc) is 2.65. The molecule has 0 spiro atoms. The van der Waals surface area contributed by atoms with Crippen LogP contribution in [-0.2, 0) is 19.1 Å². The second-order valence-corrected chi connectivity index (χ2v) is 8.17. The van der Waals surface area contributed by atoms with Crippen molar-refractivity contribution in [1.82, 2.24) is 4.90 Å². The van der Waals surface area contributed by atoms with Gasteiger partial charge in [0.05, 0.1) is 7.11 Å². The third-order valence-corrected chi connectivity index (χ3v) is 7.52. The van der Waals surface area contributed by atoms with Crippen molar-refractivity contribution in [2.75, 3.05) is 13.7 Å². The summed E-state index contributed by atoms with van der Waals surface area (Å²) in [5, 5.41) is 0. The molecule has 23 heavy (non-hydrogen) atoms. The Hall–Kier alpha value is -1.39. The van der Waals surface area contributed by atoms with E-state index in [2.05, 4.69) is 6.92 Å². The summed E-state index contributed by atoms with van der Waals surface area (Å²) in [4.78, 5) is 41.3. The Morgan fingerprint density at radius 1 is 1.30 bits per heavy atom. The van der Waals surface area contributed by atoms with Crippen molar-refractivity contribution in [3.8, 4) is 0 Å². The molecule has 6 atom stereocenters. The first-order valence-electron chi connectivity index (χ1n) is 8.82. The number of carbonyl (C=O) groups excluding carboxylic acids is 3. The molecule has 0 radical (unpaired) electrons. The molecule has 4 rings (SSSR count). The highest BCUT2D eigenvalue weighted by Gasteiger charge is 2.77. The van der Waals surface area contributed by atoms with Crippen molar-refractivity contribution in [3.63, 3.8) is 0 Å². The summed E-state index contributed by atoms with van der Waals surface area (Å²) in [6, 6.07) is 0.0103. The number of hydrogen-bond acceptors (Lipinski definition) is 4. The van der Waals surface area contributed by atoms with E-state index in [9.17, 15) is 14.4 Å². The zero-order valence-electron chi connectivity index (χ0n) is 14.1. The fourth-order valence-corrected chi connectivity index (χ4v) is 6.34. The summed E-state index contributed by atoms with van der Waals surface area (Å²) >= 11 is 0. The summed E-state index contributed by atoms with van der Waals surface area (Å²) in [5.41, 5.74) is -1.76. The van der Waals surface area contributed by atoms with Crippen LogP contribution in [0, 0.1) is 28.6 Å². The SMILES string of the molecule is COC(=O)[C@@]12CCCC[C@H]3C(=O)C4CC(N(C[C@H]4C)C1=O)[C@]32C. The number of esters is 1. The van der Waals surface area contributed by atoms with E-state index >= 15 is 0 Å². The molecule has 5 nitrogen and oxygen atoms in total. The first kappa shape index (κ1) is 15.2. The molecule has 2 unspecified atom stereocenters. The Kier molecular flexibility index (Phi) is 3.02. The van der Waals surface area contributed by atoms with Gasteiger partial charge in [0, 0.05) is 29.8 Å². The Balaban J connectivity index is 1.97. The largest absolute Gasteiger partial charge is 0.468 e. The van der Waals surface area contributed by atoms with Crippen LogP contribution in [0.1, 0.15) is 46.0 Å². The third-order valence-electron chi connectivity index (χ3n) is 7.52. The number of ether oxygens (including phenoxy) is 1. The second kappa shape index (κ2) is 4.58. The molecule has 2 heterocycles. The molecule has 2 saturated carbocycles. The third kappa shape index (κ3) is 1.47. The maximum absolute atomic E-state index is 13.4. The first-order chi connectivity index (χ1) is 10.9. The van der Waals surface area contributed by atoms with Crippen LogP contribution in [0.4, 0.5) is 0 Å². The predicted molar refractivity (Wildman–Crippen MR) is 82.3 cm³/mol. The summed E-state index contributed by atoms with van der Waals surface area (Å²) < 4.78 is 5.12. The minimum Gasteiger partial charge on any atom is -0.468 e. The Morgan fingerprint density at radius 3 is 2.74 bits per heavy atom. The van der Waals surface area contributed by atoms with Crippen LogP contribution in [0.5, 0.6) is 0 Å². The van der Waals surface area contributed by atoms with Crippen LogP contribution in [0.15, 0.2) is 0 Å². The van der Waals surface area contributed by atoms with Gasteiger partial charge in [-0.15, -0.1) is 0 Å². The Bertz CT molecular complexity index is 602. The Morgan fingerprint density at radius 2 is 2.04 bits per heavy atom. The van der Waals surface area contributed by atoms with Crippen LogP contribution < -0.4 is 0 Å². The van der Waals surface area contributed by atoms with Gasteiger partial charge < -0.3 is 9.64 Å². The molecule has 5 heteroatoms. The highest BCUT2D eigenvalue weighted by atomic mass is 16.5. The molecule has 126 valence electrons. The van der Waals surface area contributed by atoms with Gasteiger partial charge in [-0.25, -0.2) is 0 Å². The number of amides is 1. The number of methoxy groups -OCH3 is 1. The minimum atomic E-state index is -1.15. The van der Waals surface area contributed by atoms with Gasteiger partial charge >= 0.3 is 5.97 Å². The first-order valence-corrected chi connectivity index (χ1v) is 8.82. The van der Waals surface area contributed by atoms with Gasteiger partial charge in [-0.2, -0.15) is 0 Å². The van der Waals surface area contributed by atoms with Crippen molar-refractivity contribution >= 4 is 17.7 Å². The summed E-state index contributed by atoms with van der Waals surface area (Å²) in [7, 11) is 1.36. The number of carbonyl (C=O) groups is 3. The van der Waals surface area contributed by atoms with Crippen molar-refractivity contribution < 1.29 is 19.1 Å². The molecule has 2 saturated heterocycles. The van der Waals surface area contributed by atoms with E-state index in [1.54, 1.807) is 0 Å². The molecule has 4 aliphatic rings. The quantitative estimate of drug-likeness (QED) is 0.546. The van der Waals surface area contributed by atoms with Gasteiger partial charge in [0.2, 0.25) is 5.91 Å². The minimum absolute atomic E-state index is 0.0103. The maximum atomic E-state index is 13.4. The van der Waals surface area contributed by atoms with Crippen LogP contribution in [-0.4, -0.2) is 42.3 Å². The molecule has 0 N–H and O–H groups in total. The van der Waals surface area contributed by atoms with E-state index in [-0.39, 0.29) is 29.7 Å². The van der Waals surface area contributed by atoms with Gasteiger partial charge in [-0.05, 0) is 25.2 Å². The fourth-order valence-electron chi connectivity index (χ4n) is 6.34. The lowest BCUT2D eigenvalue weighted by molar-refractivity contribution is -0.170. The lowest BCUT2D eigenvalue weighted by atomic mass is 9.49. The molecule has 0 aromatic rings. The van der Waals surface area contributed by atoms with Crippen LogP contribution >= 0.6 is 0 Å². The van der Waals surface area contributed by atoms with Crippen LogP contribution in [0.3, 0.4) is 0 Å². The van der Waals surface area contributed by atoms with Crippen molar-refractivity contribution in [3.05, 3.63) is 0 Å². The molecule has 0 aromatic heterocycles. The lowest BCUT2D eigenvalue weighted by Gasteiger charge is -2.54. The number of piperidine rings is 1. The summed E-state index contributed by atoms with van der Waals surface area (Å²) in [6.45, 7) is 4.68. The monoisotopic (exact) mass is 319 g/mol. The van der Waals surface area contributed by atoms with Crippen LogP contribution in [0.2, 0.25) is 0 Å². The lowest BCUT2D eigenvalue weighted by Crippen LogP contribution is -2.61. The van der Waals surface area contributed by atoms with E-state index in [4.69, 9.17) is 4.74 Å². The topological polar surface area (TPSA) is 63.7 Å². The number of fused-ring (bicyclic) bond motifs is 1. The zero-order valence-corrected chi connectivity index (χ0v) is 14.1.